The lowest BCUT2D eigenvalue weighted by Gasteiger charge is -2.15. The smallest absolute Gasteiger partial charge is 0.275 e. The predicted molar refractivity (Wildman–Crippen MR) is 43.7 cm³/mol. The van der Waals surface area contributed by atoms with Gasteiger partial charge < -0.3 is 14.4 Å². The van der Waals surface area contributed by atoms with E-state index < -0.39 is 8.07 Å². The molecule has 3 nitrogen and oxygen atoms in total. The van der Waals surface area contributed by atoms with E-state index >= 15 is 0 Å². The fourth-order valence-corrected chi connectivity index (χ4v) is 2.23. The Morgan fingerprint density at radius 1 is 0.818 bits per heavy atom. The average molecular weight is 172 g/mol. The number of hydrogen-bond donors (Lipinski definition) is 0. The zero-order valence-electron chi connectivity index (χ0n) is 7.22. The number of hydrogen-bond acceptors (Lipinski definition) is 3. The molecule has 0 bridgehead atoms. The van der Waals surface area contributed by atoms with Crippen molar-refractivity contribution in [3.8, 4) is 0 Å². The molecule has 0 atom stereocenters. The van der Waals surface area contributed by atoms with E-state index in [4.69, 9.17) is 0 Å². The molecule has 0 N–H and O–H groups in total. The zero-order chi connectivity index (χ0) is 9.23. The van der Waals surface area contributed by atoms with Crippen LogP contribution in [-0.4, -0.2) is 24.3 Å². The van der Waals surface area contributed by atoms with Gasteiger partial charge in [0.25, 0.3) is 8.07 Å². The van der Waals surface area contributed by atoms with Crippen LogP contribution in [0.2, 0.25) is 6.55 Å². The number of carbonyl (C=O) groups is 3. The highest BCUT2D eigenvalue weighted by atomic mass is 28.3. The monoisotopic (exact) mass is 172 g/mol. The molecule has 0 unspecified atom stereocenters. The lowest BCUT2D eigenvalue weighted by Crippen LogP contribution is -2.53. The highest BCUT2D eigenvalue weighted by molar-refractivity contribution is 7.39. The first-order valence-corrected chi connectivity index (χ1v) is 5.86. The van der Waals surface area contributed by atoms with Crippen molar-refractivity contribution in [3.63, 3.8) is 0 Å². The first kappa shape index (κ1) is 10.2. The lowest BCUT2D eigenvalue weighted by molar-refractivity contribution is -0.117. The number of rotatable bonds is 3. The van der Waals surface area contributed by atoms with E-state index in [0.29, 0.717) is 0 Å². The summed E-state index contributed by atoms with van der Waals surface area (Å²) in [6.07, 6.45) is 0. The van der Waals surface area contributed by atoms with Crippen molar-refractivity contribution < 1.29 is 14.4 Å². The molecule has 62 valence electrons. The van der Waals surface area contributed by atoms with Crippen LogP contribution in [0, 0.1) is 0 Å². The normalized spacial score (nSPS) is 10.9. The second-order valence-electron chi connectivity index (χ2n) is 2.79. The second-order valence-corrected chi connectivity index (χ2v) is 7.16. The van der Waals surface area contributed by atoms with E-state index in [1.165, 1.54) is 27.3 Å². The van der Waals surface area contributed by atoms with Crippen LogP contribution in [0.5, 0.6) is 0 Å². The van der Waals surface area contributed by atoms with Crippen LogP contribution in [0.4, 0.5) is 0 Å². The molecular formula is C7H12O3Si. The summed E-state index contributed by atoms with van der Waals surface area (Å²) in [5.41, 5.74) is 0. The lowest BCUT2D eigenvalue weighted by atomic mass is 10.9. The van der Waals surface area contributed by atoms with E-state index in [0.717, 1.165) is 0 Å². The molecule has 0 aromatic carbocycles. The van der Waals surface area contributed by atoms with E-state index in [1.54, 1.807) is 0 Å². The SMILES string of the molecule is CC(=O)[Si](C)(C(C)=O)C(C)=O. The Bertz CT molecular complexity index is 184. The summed E-state index contributed by atoms with van der Waals surface area (Å²) < 4.78 is 0. The molecule has 11 heavy (non-hydrogen) atoms. The van der Waals surface area contributed by atoms with Gasteiger partial charge in [-0.25, -0.2) is 0 Å². The Hall–Kier alpha value is -0.773. The fraction of sp³-hybridized carbons (Fsp3) is 0.571. The minimum atomic E-state index is -2.90. The summed E-state index contributed by atoms with van der Waals surface area (Å²) in [7, 11) is -2.90. The Kier molecular flexibility index (Phi) is 2.87. The van der Waals surface area contributed by atoms with E-state index in [-0.39, 0.29) is 16.2 Å². The fourth-order valence-electron chi connectivity index (χ4n) is 0.744. The van der Waals surface area contributed by atoms with Crippen LogP contribution < -0.4 is 0 Å². The van der Waals surface area contributed by atoms with Crippen molar-refractivity contribution in [3.05, 3.63) is 0 Å². The van der Waals surface area contributed by atoms with Gasteiger partial charge in [-0.1, -0.05) is 0 Å². The maximum absolute atomic E-state index is 11.0. The number of carbonyl (C=O) groups excluding carboxylic acids is 3. The second kappa shape index (κ2) is 3.09. The third-order valence-corrected chi connectivity index (χ3v) is 6.34. The van der Waals surface area contributed by atoms with E-state index in [9.17, 15) is 14.4 Å². The van der Waals surface area contributed by atoms with Gasteiger partial charge >= 0.3 is 0 Å². The van der Waals surface area contributed by atoms with Crippen molar-refractivity contribution in [2.24, 2.45) is 0 Å². The van der Waals surface area contributed by atoms with Crippen molar-refractivity contribution in [2.75, 3.05) is 0 Å². The zero-order valence-corrected chi connectivity index (χ0v) is 8.22. The van der Waals surface area contributed by atoms with Gasteiger partial charge in [0.05, 0.1) is 0 Å². The van der Waals surface area contributed by atoms with Crippen LogP contribution in [-0.2, 0) is 14.4 Å². The molecule has 0 rings (SSSR count). The van der Waals surface area contributed by atoms with Gasteiger partial charge in [-0.2, -0.15) is 0 Å². The van der Waals surface area contributed by atoms with Crippen LogP contribution in [0.25, 0.3) is 0 Å². The van der Waals surface area contributed by atoms with Crippen molar-refractivity contribution >= 4 is 24.3 Å². The highest BCUT2D eigenvalue weighted by Gasteiger charge is 2.43. The van der Waals surface area contributed by atoms with Gasteiger partial charge in [0.2, 0.25) is 0 Å². The third kappa shape index (κ3) is 1.62. The molecule has 0 spiro atoms. The molecule has 0 aliphatic heterocycles. The Balaban J connectivity index is 4.99. The van der Waals surface area contributed by atoms with E-state index in [2.05, 4.69) is 0 Å². The quantitative estimate of drug-likeness (QED) is 0.581. The van der Waals surface area contributed by atoms with Crippen LogP contribution in [0.1, 0.15) is 20.8 Å². The summed E-state index contributed by atoms with van der Waals surface area (Å²) in [5.74, 6) is 0. The first-order chi connectivity index (χ1) is 4.83. The predicted octanol–water partition coefficient (Wildman–Crippen LogP) is 0.450. The van der Waals surface area contributed by atoms with Gasteiger partial charge in [0.15, 0.2) is 0 Å². The van der Waals surface area contributed by atoms with Crippen LogP contribution in [0.3, 0.4) is 0 Å². The standard InChI is InChI=1S/C7H12O3Si/c1-5(8)11(4,6(2)9)7(3)10/h1-4H3. The topological polar surface area (TPSA) is 51.2 Å². The van der Waals surface area contributed by atoms with Crippen molar-refractivity contribution in [1.29, 1.82) is 0 Å². The summed E-state index contributed by atoms with van der Waals surface area (Å²) in [4.78, 5) is 32.9. The molecule has 0 saturated carbocycles. The molecule has 0 fully saturated rings. The molecule has 0 radical (unpaired) electrons. The summed E-state index contributed by atoms with van der Waals surface area (Å²) in [6, 6.07) is 0. The molecule has 0 aromatic heterocycles. The first-order valence-electron chi connectivity index (χ1n) is 3.36. The highest BCUT2D eigenvalue weighted by Crippen LogP contribution is 2.06. The van der Waals surface area contributed by atoms with Crippen LogP contribution >= 0.6 is 0 Å². The molecule has 0 amide bonds. The summed E-state index contributed by atoms with van der Waals surface area (Å²) in [6.45, 7) is 5.44. The molecule has 0 aromatic rings. The Labute approximate surface area is 66.8 Å². The van der Waals surface area contributed by atoms with Gasteiger partial charge in [-0.3, -0.25) is 0 Å². The van der Waals surface area contributed by atoms with Crippen molar-refractivity contribution in [1.82, 2.24) is 0 Å². The van der Waals surface area contributed by atoms with E-state index in [1.807, 2.05) is 0 Å². The van der Waals surface area contributed by atoms with Gasteiger partial charge in [-0.15, -0.1) is 0 Å². The Morgan fingerprint density at radius 2 is 1.00 bits per heavy atom. The minimum absolute atomic E-state index is 0.252. The molecule has 0 saturated heterocycles. The van der Waals surface area contributed by atoms with Crippen LogP contribution in [0.15, 0.2) is 0 Å². The molecule has 0 aliphatic rings. The molecule has 0 heterocycles. The Morgan fingerprint density at radius 3 is 1.00 bits per heavy atom. The van der Waals surface area contributed by atoms with Gasteiger partial charge in [0, 0.05) is 0 Å². The van der Waals surface area contributed by atoms with Gasteiger partial charge in [-0.05, 0) is 27.3 Å². The maximum atomic E-state index is 11.0. The average Bonchev–Trinajstić information content (AvgIpc) is 1.84. The largest absolute Gasteiger partial charge is 0.305 e. The van der Waals surface area contributed by atoms with Gasteiger partial charge in [0.1, 0.15) is 16.2 Å². The minimum Gasteiger partial charge on any atom is -0.305 e. The molecule has 0 aliphatic carbocycles. The molecule has 4 heteroatoms. The molecular weight excluding hydrogens is 160 g/mol. The summed E-state index contributed by atoms with van der Waals surface area (Å²) in [5, 5.41) is -0.757. The van der Waals surface area contributed by atoms with Crippen molar-refractivity contribution in [2.45, 2.75) is 27.3 Å². The summed E-state index contributed by atoms with van der Waals surface area (Å²) >= 11 is 0. The maximum Gasteiger partial charge on any atom is 0.275 e. The third-order valence-electron chi connectivity index (χ3n) is 2.11.